The summed E-state index contributed by atoms with van der Waals surface area (Å²) in [5.74, 6) is 0. The molecule has 0 fully saturated rings. The van der Waals surface area contributed by atoms with Crippen LogP contribution in [0.4, 0.5) is 13.2 Å². The zero-order valence-corrected chi connectivity index (χ0v) is 18.1. The van der Waals surface area contributed by atoms with E-state index in [1.807, 2.05) is 0 Å². The molecule has 28 heavy (non-hydrogen) atoms. The van der Waals surface area contributed by atoms with Gasteiger partial charge in [0, 0.05) is 26.0 Å². The molecular formula is C19H37F3N2O3S. The lowest BCUT2D eigenvalue weighted by Crippen LogP contribution is -2.23. The fourth-order valence-corrected chi connectivity index (χ4v) is 2.89. The lowest BCUT2D eigenvalue weighted by atomic mass is 10.1. The molecule has 1 N–H and O–H groups in total. The molecular weight excluding hydrogens is 393 g/mol. The van der Waals surface area contributed by atoms with Crippen molar-refractivity contribution in [3.63, 3.8) is 0 Å². The van der Waals surface area contributed by atoms with Gasteiger partial charge in [-0.2, -0.15) is 21.6 Å². The highest BCUT2D eigenvalue weighted by Gasteiger charge is 2.44. The fourth-order valence-electron chi connectivity index (χ4n) is 2.89. The fraction of sp³-hybridized carbons (Fsp3) is 0.895. The Hall–Kier alpha value is -0.960. The third-order valence-electron chi connectivity index (χ3n) is 4.53. The Balaban J connectivity index is 0.000000769. The first kappa shape index (κ1) is 27.0. The van der Waals surface area contributed by atoms with Gasteiger partial charge in [-0.15, -0.1) is 0 Å². The molecule has 0 bridgehead atoms. The van der Waals surface area contributed by atoms with Crippen molar-refractivity contribution in [3.8, 4) is 0 Å². The summed E-state index contributed by atoms with van der Waals surface area (Å²) in [6.07, 6.45) is 21.6. The average molecular weight is 431 g/mol. The summed E-state index contributed by atoms with van der Waals surface area (Å²) in [5, 5.41) is 0. The Kier molecular flexibility index (Phi) is 14.4. The molecule has 0 unspecified atom stereocenters. The van der Waals surface area contributed by atoms with Gasteiger partial charge in [-0.3, -0.25) is 4.55 Å². The average Bonchev–Trinajstić information content (AvgIpc) is 3.00. The van der Waals surface area contributed by atoms with E-state index in [0.29, 0.717) is 0 Å². The molecule has 0 saturated carbocycles. The summed E-state index contributed by atoms with van der Waals surface area (Å²) in [6.45, 7) is 4.61. The van der Waals surface area contributed by atoms with Gasteiger partial charge in [0.2, 0.25) is 0 Å². The molecule has 168 valence electrons. The minimum absolute atomic E-state index is 1.08. The number of hydrogen-bond donors (Lipinski definition) is 1. The number of unbranched alkanes of at least 4 members (excludes halogenated alkanes) is 11. The van der Waals surface area contributed by atoms with E-state index in [4.69, 9.17) is 13.0 Å². The maximum Gasteiger partial charge on any atom is 0.522 e. The van der Waals surface area contributed by atoms with E-state index in [-0.39, 0.29) is 0 Å². The zero-order chi connectivity index (χ0) is 21.5. The lowest BCUT2D eigenvalue weighted by molar-refractivity contribution is -0.0510. The number of hydrogen-bond acceptors (Lipinski definition) is 4. The predicted octanol–water partition coefficient (Wildman–Crippen LogP) is 5.76. The highest BCUT2D eigenvalue weighted by Crippen LogP contribution is 2.20. The summed E-state index contributed by atoms with van der Waals surface area (Å²) >= 11 is 0. The quantitative estimate of drug-likeness (QED) is 0.229. The van der Waals surface area contributed by atoms with Gasteiger partial charge in [-0.1, -0.05) is 77.6 Å². The van der Waals surface area contributed by atoms with Gasteiger partial charge in [0.05, 0.1) is 6.67 Å². The molecule has 9 heteroatoms. The molecule has 0 aromatic heterocycles. The van der Waals surface area contributed by atoms with Gasteiger partial charge in [0.25, 0.3) is 0 Å². The first-order valence-electron chi connectivity index (χ1n) is 10.2. The van der Waals surface area contributed by atoms with Gasteiger partial charge >= 0.3 is 15.6 Å². The summed E-state index contributed by atoms with van der Waals surface area (Å²) in [5.41, 5.74) is -5.53. The minimum Gasteiger partial charge on any atom is -0.362 e. The number of nitrogens with zero attached hydrogens (tertiary/aromatic N) is 2. The lowest BCUT2D eigenvalue weighted by Gasteiger charge is -2.17. The Labute approximate surface area is 168 Å². The van der Waals surface area contributed by atoms with Crippen LogP contribution in [-0.4, -0.2) is 48.5 Å². The van der Waals surface area contributed by atoms with E-state index in [0.717, 1.165) is 6.67 Å². The molecule has 0 saturated heterocycles. The molecule has 1 aliphatic rings. The molecule has 0 atom stereocenters. The first-order chi connectivity index (χ1) is 13.1. The standard InChI is InChI=1S/C18H36N2.CHF3O3S/c1-3-4-5-6-7-8-9-10-11-12-13-14-15-20-17-16-19(2)18-20;2-1(3,4)8(5,6)7/h16-17H,3-15,18H2,1-2H3;(H,5,6,7). The molecule has 0 amide bonds. The SMILES string of the molecule is CCCCCCCCCCCCCCN1C=CN(C)C1.O=S(=O)(O)C(F)(F)F. The molecule has 1 aliphatic heterocycles. The highest BCUT2D eigenvalue weighted by molar-refractivity contribution is 7.86. The van der Waals surface area contributed by atoms with E-state index in [1.165, 1.54) is 83.6 Å². The van der Waals surface area contributed by atoms with Crippen LogP contribution in [0.5, 0.6) is 0 Å². The van der Waals surface area contributed by atoms with Crippen molar-refractivity contribution in [2.24, 2.45) is 0 Å². The van der Waals surface area contributed by atoms with Crippen LogP contribution in [0.2, 0.25) is 0 Å². The van der Waals surface area contributed by atoms with E-state index < -0.39 is 15.6 Å². The van der Waals surface area contributed by atoms with E-state index >= 15 is 0 Å². The van der Waals surface area contributed by atoms with Gasteiger partial charge < -0.3 is 9.80 Å². The van der Waals surface area contributed by atoms with Crippen LogP contribution in [0, 0.1) is 0 Å². The summed E-state index contributed by atoms with van der Waals surface area (Å²) in [7, 11) is -3.70. The van der Waals surface area contributed by atoms with Crippen molar-refractivity contribution in [3.05, 3.63) is 12.4 Å². The molecule has 1 rings (SSSR count). The largest absolute Gasteiger partial charge is 0.522 e. The van der Waals surface area contributed by atoms with Crippen LogP contribution in [-0.2, 0) is 10.1 Å². The molecule has 5 nitrogen and oxygen atoms in total. The Morgan fingerprint density at radius 3 is 1.57 bits per heavy atom. The molecule has 0 aromatic rings. The maximum absolute atomic E-state index is 10.7. The molecule has 0 spiro atoms. The monoisotopic (exact) mass is 430 g/mol. The second-order valence-corrected chi connectivity index (χ2v) is 8.73. The second kappa shape index (κ2) is 15.0. The van der Waals surface area contributed by atoms with Crippen molar-refractivity contribution in [1.29, 1.82) is 0 Å². The number of alkyl halides is 3. The van der Waals surface area contributed by atoms with Crippen LogP contribution < -0.4 is 0 Å². The Morgan fingerprint density at radius 2 is 1.25 bits per heavy atom. The maximum atomic E-state index is 10.7. The van der Waals surface area contributed by atoms with Gasteiger partial charge in [0.15, 0.2) is 0 Å². The third kappa shape index (κ3) is 15.0. The van der Waals surface area contributed by atoms with E-state index in [9.17, 15) is 13.2 Å². The Morgan fingerprint density at radius 1 is 0.857 bits per heavy atom. The minimum atomic E-state index is -5.84. The summed E-state index contributed by atoms with van der Waals surface area (Å²) in [6, 6.07) is 0. The van der Waals surface area contributed by atoms with Gasteiger partial charge in [-0.25, -0.2) is 0 Å². The van der Waals surface area contributed by atoms with Crippen LogP contribution in [0.25, 0.3) is 0 Å². The van der Waals surface area contributed by atoms with Crippen molar-refractivity contribution >= 4 is 10.1 Å². The zero-order valence-electron chi connectivity index (χ0n) is 17.3. The van der Waals surface area contributed by atoms with E-state index in [1.54, 1.807) is 0 Å². The Bertz CT molecular complexity index is 511. The van der Waals surface area contributed by atoms with Crippen LogP contribution in [0.15, 0.2) is 12.4 Å². The first-order valence-corrected chi connectivity index (χ1v) is 11.7. The van der Waals surface area contributed by atoms with Crippen LogP contribution >= 0.6 is 0 Å². The van der Waals surface area contributed by atoms with Crippen molar-refractivity contribution < 1.29 is 26.1 Å². The molecule has 0 aromatic carbocycles. The normalized spacial score (nSPS) is 14.4. The van der Waals surface area contributed by atoms with Crippen molar-refractivity contribution in [2.75, 3.05) is 20.3 Å². The van der Waals surface area contributed by atoms with E-state index in [2.05, 4.69) is 36.2 Å². The second-order valence-electron chi connectivity index (χ2n) is 7.32. The summed E-state index contributed by atoms with van der Waals surface area (Å²) < 4.78 is 57.5. The van der Waals surface area contributed by atoms with Gasteiger partial charge in [0.1, 0.15) is 0 Å². The molecule has 0 aliphatic carbocycles. The smallest absolute Gasteiger partial charge is 0.362 e. The highest BCUT2D eigenvalue weighted by atomic mass is 32.2. The van der Waals surface area contributed by atoms with Crippen molar-refractivity contribution in [2.45, 2.75) is 89.5 Å². The summed E-state index contributed by atoms with van der Waals surface area (Å²) in [4.78, 5) is 4.65. The third-order valence-corrected chi connectivity index (χ3v) is 5.11. The molecule has 1 heterocycles. The molecule has 0 radical (unpaired) electrons. The topological polar surface area (TPSA) is 60.9 Å². The van der Waals surface area contributed by atoms with Gasteiger partial charge in [-0.05, 0) is 6.42 Å². The van der Waals surface area contributed by atoms with Crippen LogP contribution in [0.3, 0.4) is 0 Å². The predicted molar refractivity (Wildman–Crippen MR) is 107 cm³/mol. The van der Waals surface area contributed by atoms with Crippen LogP contribution in [0.1, 0.15) is 84.0 Å². The number of rotatable bonds is 13. The number of halogens is 3. The van der Waals surface area contributed by atoms with Crippen molar-refractivity contribution in [1.82, 2.24) is 9.80 Å².